The van der Waals surface area contributed by atoms with Gasteiger partial charge in [0.1, 0.15) is 6.10 Å². The van der Waals surface area contributed by atoms with Crippen molar-refractivity contribution in [3.8, 4) is 6.07 Å². The fourth-order valence-electron chi connectivity index (χ4n) is 2.91. The maximum Gasteiger partial charge on any atom is 0.114 e. The Morgan fingerprint density at radius 3 is 2.67 bits per heavy atom. The van der Waals surface area contributed by atoms with E-state index in [0.717, 1.165) is 37.9 Å². The van der Waals surface area contributed by atoms with Crippen molar-refractivity contribution in [2.45, 2.75) is 58.1 Å². The summed E-state index contributed by atoms with van der Waals surface area (Å²) in [6, 6.07) is 2.41. The monoisotopic (exact) mass is 247 g/mol. The van der Waals surface area contributed by atoms with Gasteiger partial charge in [0.05, 0.1) is 29.7 Å². The Labute approximate surface area is 108 Å². The van der Waals surface area contributed by atoms with Crippen LogP contribution in [0.2, 0.25) is 0 Å². The zero-order valence-electron chi connectivity index (χ0n) is 11.0. The van der Waals surface area contributed by atoms with Crippen LogP contribution in [0, 0.1) is 16.7 Å². The van der Waals surface area contributed by atoms with Gasteiger partial charge in [-0.1, -0.05) is 25.7 Å². The van der Waals surface area contributed by atoms with E-state index >= 15 is 0 Å². The van der Waals surface area contributed by atoms with E-state index in [1.807, 2.05) is 11.5 Å². The number of nitrogens with zero attached hydrogens (tertiary/aromatic N) is 3. The normalized spacial score (nSPS) is 20.9. The van der Waals surface area contributed by atoms with Crippen molar-refractivity contribution >= 4 is 0 Å². The van der Waals surface area contributed by atoms with Crippen molar-refractivity contribution in [1.82, 2.24) is 9.55 Å². The van der Waals surface area contributed by atoms with Crippen LogP contribution < -0.4 is 0 Å². The lowest BCUT2D eigenvalue weighted by atomic mass is 9.75. The van der Waals surface area contributed by atoms with Gasteiger partial charge in [-0.05, 0) is 19.8 Å². The number of nitriles is 1. The molecular weight excluding hydrogens is 226 g/mol. The predicted octanol–water partition coefficient (Wildman–Crippen LogP) is 2.80. The zero-order valence-corrected chi connectivity index (χ0v) is 11.0. The molecule has 2 rings (SSSR count). The van der Waals surface area contributed by atoms with Gasteiger partial charge in [-0.15, -0.1) is 0 Å². The number of hydrogen-bond acceptors (Lipinski definition) is 3. The van der Waals surface area contributed by atoms with Crippen molar-refractivity contribution in [3.63, 3.8) is 0 Å². The molecule has 1 atom stereocenters. The van der Waals surface area contributed by atoms with E-state index < -0.39 is 11.5 Å². The molecule has 18 heavy (non-hydrogen) atoms. The highest BCUT2D eigenvalue weighted by Crippen LogP contribution is 2.44. The van der Waals surface area contributed by atoms with Crippen molar-refractivity contribution in [2.24, 2.45) is 5.41 Å². The van der Waals surface area contributed by atoms with E-state index in [-0.39, 0.29) is 0 Å². The summed E-state index contributed by atoms with van der Waals surface area (Å²) in [5, 5.41) is 20.2. The third kappa shape index (κ3) is 2.28. The third-order valence-corrected chi connectivity index (χ3v) is 4.11. The number of aliphatic hydroxyl groups is 1. The molecule has 1 aliphatic carbocycles. The summed E-state index contributed by atoms with van der Waals surface area (Å²) in [4.78, 5) is 4.09. The van der Waals surface area contributed by atoms with E-state index in [9.17, 15) is 10.4 Å². The molecule has 4 nitrogen and oxygen atoms in total. The highest BCUT2D eigenvalue weighted by Gasteiger charge is 2.40. The maximum absolute atomic E-state index is 10.6. The lowest BCUT2D eigenvalue weighted by Gasteiger charge is -2.30. The van der Waals surface area contributed by atoms with Crippen LogP contribution >= 0.6 is 0 Å². The van der Waals surface area contributed by atoms with E-state index in [1.165, 1.54) is 12.8 Å². The van der Waals surface area contributed by atoms with Gasteiger partial charge in [0.2, 0.25) is 0 Å². The van der Waals surface area contributed by atoms with E-state index in [0.29, 0.717) is 0 Å². The molecule has 0 amide bonds. The second-order valence-corrected chi connectivity index (χ2v) is 5.19. The van der Waals surface area contributed by atoms with E-state index in [1.54, 1.807) is 12.5 Å². The molecule has 98 valence electrons. The van der Waals surface area contributed by atoms with Crippen LogP contribution in [-0.4, -0.2) is 14.7 Å². The van der Waals surface area contributed by atoms with Crippen LogP contribution in [0.1, 0.15) is 57.2 Å². The highest BCUT2D eigenvalue weighted by molar-refractivity contribution is 5.15. The molecule has 1 N–H and O–H groups in total. The fourth-order valence-corrected chi connectivity index (χ4v) is 2.91. The Kier molecular flexibility index (Phi) is 4.03. The molecule has 1 aliphatic rings. The van der Waals surface area contributed by atoms with Crippen molar-refractivity contribution in [3.05, 3.63) is 18.2 Å². The summed E-state index contributed by atoms with van der Waals surface area (Å²) >= 11 is 0. The minimum absolute atomic E-state index is 0.622. The maximum atomic E-state index is 10.6. The van der Waals surface area contributed by atoms with Crippen LogP contribution in [0.15, 0.2) is 12.5 Å². The van der Waals surface area contributed by atoms with Crippen LogP contribution in [0.3, 0.4) is 0 Å². The first kappa shape index (κ1) is 13.1. The average Bonchev–Trinajstić information content (AvgIpc) is 2.74. The Morgan fingerprint density at radius 2 is 2.11 bits per heavy atom. The van der Waals surface area contributed by atoms with Gasteiger partial charge >= 0.3 is 0 Å². The summed E-state index contributed by atoms with van der Waals surface area (Å²) in [5.74, 6) is 0. The minimum Gasteiger partial charge on any atom is -0.385 e. The molecule has 1 aromatic heterocycles. The second-order valence-electron chi connectivity index (χ2n) is 5.19. The van der Waals surface area contributed by atoms with Gasteiger partial charge in [-0.2, -0.15) is 5.26 Å². The summed E-state index contributed by atoms with van der Waals surface area (Å²) in [6.45, 7) is 2.79. The highest BCUT2D eigenvalue weighted by atomic mass is 16.3. The number of aliphatic hydroxyl groups excluding tert-OH is 1. The molecule has 1 saturated carbocycles. The molecule has 1 heterocycles. The number of imidazole rings is 1. The standard InChI is InChI=1S/C14H21N3O/c1-2-17-11-16-9-12(17)13(18)14(10-15)7-5-3-4-6-8-14/h9,11,13,18H,2-8H2,1H3. The summed E-state index contributed by atoms with van der Waals surface area (Å²) in [5.41, 5.74) is 0.157. The lowest BCUT2D eigenvalue weighted by molar-refractivity contribution is 0.0452. The molecule has 1 fully saturated rings. The minimum atomic E-state index is -0.719. The van der Waals surface area contributed by atoms with Gasteiger partial charge in [0.15, 0.2) is 0 Å². The predicted molar refractivity (Wildman–Crippen MR) is 68.6 cm³/mol. The third-order valence-electron chi connectivity index (χ3n) is 4.11. The van der Waals surface area contributed by atoms with Gasteiger partial charge in [-0.3, -0.25) is 0 Å². The smallest absolute Gasteiger partial charge is 0.114 e. The Morgan fingerprint density at radius 1 is 1.44 bits per heavy atom. The molecule has 0 aliphatic heterocycles. The summed E-state index contributed by atoms with van der Waals surface area (Å²) < 4.78 is 1.93. The lowest BCUT2D eigenvalue weighted by Crippen LogP contribution is -2.28. The van der Waals surface area contributed by atoms with Gasteiger partial charge in [-0.25, -0.2) is 4.98 Å². The van der Waals surface area contributed by atoms with Crippen molar-refractivity contribution < 1.29 is 5.11 Å². The van der Waals surface area contributed by atoms with Crippen molar-refractivity contribution in [2.75, 3.05) is 0 Å². The molecule has 0 aromatic carbocycles. The van der Waals surface area contributed by atoms with Crippen LogP contribution in [0.4, 0.5) is 0 Å². The molecule has 4 heteroatoms. The average molecular weight is 247 g/mol. The topological polar surface area (TPSA) is 61.8 Å². The molecule has 1 unspecified atom stereocenters. The number of hydrogen-bond donors (Lipinski definition) is 1. The molecule has 0 saturated heterocycles. The molecule has 0 bridgehead atoms. The first-order valence-corrected chi connectivity index (χ1v) is 6.83. The van der Waals surface area contributed by atoms with Crippen LogP contribution in [0.25, 0.3) is 0 Å². The van der Waals surface area contributed by atoms with Gasteiger partial charge < -0.3 is 9.67 Å². The number of rotatable bonds is 3. The quantitative estimate of drug-likeness (QED) is 0.835. The second kappa shape index (κ2) is 5.53. The Bertz CT molecular complexity index is 424. The molecule has 0 radical (unpaired) electrons. The summed E-state index contributed by atoms with van der Waals surface area (Å²) in [7, 11) is 0. The fraction of sp³-hybridized carbons (Fsp3) is 0.714. The van der Waals surface area contributed by atoms with Gasteiger partial charge in [0, 0.05) is 6.54 Å². The SMILES string of the molecule is CCn1cncc1C(O)C1(C#N)CCCCCC1. The molecule has 1 aromatic rings. The van der Waals surface area contributed by atoms with Crippen LogP contribution in [0.5, 0.6) is 0 Å². The largest absolute Gasteiger partial charge is 0.385 e. The van der Waals surface area contributed by atoms with Crippen LogP contribution in [-0.2, 0) is 6.54 Å². The van der Waals surface area contributed by atoms with Gasteiger partial charge in [0.25, 0.3) is 0 Å². The Hall–Kier alpha value is -1.34. The molecular formula is C14H21N3O. The number of aromatic nitrogens is 2. The zero-order chi connectivity index (χ0) is 13.0. The first-order chi connectivity index (χ1) is 8.73. The van der Waals surface area contributed by atoms with Crippen molar-refractivity contribution in [1.29, 1.82) is 5.26 Å². The molecule has 0 spiro atoms. The first-order valence-electron chi connectivity index (χ1n) is 6.83. The Balaban J connectivity index is 2.29. The van der Waals surface area contributed by atoms with E-state index in [2.05, 4.69) is 11.1 Å². The number of aryl methyl sites for hydroxylation is 1. The van der Waals surface area contributed by atoms with E-state index in [4.69, 9.17) is 0 Å². The summed E-state index contributed by atoms with van der Waals surface area (Å²) in [6.07, 6.45) is 8.68.